The van der Waals surface area contributed by atoms with Gasteiger partial charge in [0.05, 0.1) is 13.2 Å². The van der Waals surface area contributed by atoms with E-state index in [1.807, 2.05) is 0 Å². The molecule has 0 aliphatic rings. The summed E-state index contributed by atoms with van der Waals surface area (Å²) in [7, 11) is -8.99. The Bertz CT molecular complexity index is 224. The predicted octanol–water partition coefficient (Wildman–Crippen LogP) is -5.75. The van der Waals surface area contributed by atoms with Crippen LogP contribution in [0.2, 0.25) is 0 Å². The quantitative estimate of drug-likeness (QED) is 0.216. The number of hydrogen-bond donors (Lipinski definition) is 4. The van der Waals surface area contributed by atoms with Crippen molar-refractivity contribution in [2.75, 3.05) is 13.2 Å². The van der Waals surface area contributed by atoms with E-state index in [2.05, 4.69) is 9.05 Å². The average molecular weight is 321 g/mol. The summed E-state index contributed by atoms with van der Waals surface area (Å²) >= 11 is 0. The fraction of sp³-hybridized carbons (Fsp3) is 1.00. The first-order chi connectivity index (χ1) is 5.71. The molecule has 0 rings (SSSR count). The van der Waals surface area contributed by atoms with Crippen LogP contribution in [0.5, 0.6) is 0 Å². The molecule has 0 saturated heterocycles. The molecule has 0 aromatic carbocycles. The van der Waals surface area contributed by atoms with Gasteiger partial charge in [-0.3, -0.25) is 9.05 Å². The molecule has 16 heavy (non-hydrogen) atoms. The first-order valence-corrected chi connectivity index (χ1v) is 6.17. The molecule has 0 bridgehead atoms. The van der Waals surface area contributed by atoms with E-state index in [0.29, 0.717) is 0 Å². The van der Waals surface area contributed by atoms with Gasteiger partial charge in [-0.2, -0.15) is 0 Å². The van der Waals surface area contributed by atoms with Crippen LogP contribution < -0.4 is 59.1 Å². The molecule has 0 radical (unpaired) electrons. The van der Waals surface area contributed by atoms with Crippen molar-refractivity contribution in [3.05, 3.63) is 0 Å². The van der Waals surface area contributed by atoms with Gasteiger partial charge >= 0.3 is 74.8 Å². The van der Waals surface area contributed by atoms with Gasteiger partial charge in [0.1, 0.15) is 0 Å². The molecule has 0 saturated carbocycles. The number of phosphoric ester groups is 2. The van der Waals surface area contributed by atoms with Gasteiger partial charge in [0.2, 0.25) is 0 Å². The fourth-order valence-corrected chi connectivity index (χ4v) is 1.16. The molecule has 0 amide bonds. The molecule has 0 aromatic heterocycles. The predicted molar refractivity (Wildman–Crippen MR) is 50.1 cm³/mol. The van der Waals surface area contributed by atoms with Crippen molar-refractivity contribution >= 4 is 28.1 Å². The van der Waals surface area contributed by atoms with Crippen molar-refractivity contribution in [2.24, 2.45) is 0 Å². The molecular weight excluding hydrogens is 307 g/mol. The van der Waals surface area contributed by atoms with E-state index >= 15 is 0 Å². The number of phosphoric acid groups is 2. The summed E-state index contributed by atoms with van der Waals surface area (Å²) in [6.45, 7) is -0.658. The number of hydrogen-bond acceptors (Lipinski definition) is 4. The number of rotatable bonds is 6. The normalized spacial score (nSPS) is 10.8. The van der Waals surface area contributed by atoms with Crippen LogP contribution in [-0.2, 0) is 18.2 Å². The van der Waals surface area contributed by atoms with Gasteiger partial charge in [-0.25, -0.2) is 9.13 Å². The van der Waals surface area contributed by atoms with Crippen LogP contribution in [0.15, 0.2) is 0 Å². The molecular formula is C3H13ClNa2O8P2. The Hall–Kier alpha value is 2.51. The van der Waals surface area contributed by atoms with Crippen LogP contribution in [0.25, 0.3) is 0 Å². The van der Waals surface area contributed by atoms with E-state index < -0.39 is 15.6 Å². The molecule has 0 unspecified atom stereocenters. The van der Waals surface area contributed by atoms with Crippen LogP contribution in [0.1, 0.15) is 9.27 Å². The number of halogens is 1. The van der Waals surface area contributed by atoms with Gasteiger partial charge < -0.3 is 22.4 Å². The second-order valence-corrected chi connectivity index (χ2v) is 4.48. The van der Waals surface area contributed by atoms with Gasteiger partial charge in [-0.1, -0.05) is 0 Å². The van der Waals surface area contributed by atoms with Crippen LogP contribution in [0, 0.1) is 0 Å². The van der Waals surface area contributed by atoms with E-state index in [9.17, 15) is 9.13 Å². The first kappa shape index (κ1) is 27.0. The molecule has 8 nitrogen and oxygen atoms in total. The van der Waals surface area contributed by atoms with Crippen LogP contribution in [0.3, 0.4) is 0 Å². The summed E-state index contributed by atoms with van der Waals surface area (Å²) < 4.78 is 28.1. The van der Waals surface area contributed by atoms with E-state index in [1.54, 1.807) is 0 Å². The van der Waals surface area contributed by atoms with Gasteiger partial charge in [-0.05, 0) is 6.42 Å². The average Bonchev–Trinajstić information content (AvgIpc) is 1.81. The molecule has 92 valence electrons. The summed E-state index contributed by atoms with van der Waals surface area (Å²) in [6.07, 6.45) is -0.0176. The van der Waals surface area contributed by atoms with Crippen molar-refractivity contribution < 1.29 is 99.7 Å². The summed E-state index contributed by atoms with van der Waals surface area (Å²) in [5.41, 5.74) is 0. The molecule has 0 aliphatic carbocycles. The van der Waals surface area contributed by atoms with Crippen LogP contribution in [-0.4, -0.2) is 32.8 Å². The molecule has 4 N–H and O–H groups in total. The monoisotopic (exact) mass is 320 g/mol. The Morgan fingerprint density at radius 2 is 1.12 bits per heavy atom. The van der Waals surface area contributed by atoms with Gasteiger partial charge in [0.25, 0.3) is 0 Å². The Balaban J connectivity index is -0.0000000720. The SMILES string of the molecule is Cl.O=P(O)(O)OCCCOP(=O)(O)O.[H-].[H-].[Na+].[Na+]. The molecule has 0 spiro atoms. The van der Waals surface area contributed by atoms with Crippen molar-refractivity contribution in [2.45, 2.75) is 6.42 Å². The first-order valence-electron chi connectivity index (χ1n) is 3.11. The largest absolute Gasteiger partial charge is 1.00 e. The smallest absolute Gasteiger partial charge is 1.00 e. The zero-order valence-electron chi connectivity index (χ0n) is 10.8. The van der Waals surface area contributed by atoms with E-state index in [4.69, 9.17) is 19.6 Å². The third-order valence-corrected chi connectivity index (χ3v) is 1.85. The molecule has 0 atom stereocenters. The second kappa shape index (κ2) is 12.5. The van der Waals surface area contributed by atoms with E-state index in [0.717, 1.165) is 0 Å². The van der Waals surface area contributed by atoms with Crippen molar-refractivity contribution in [1.82, 2.24) is 0 Å². The Morgan fingerprint density at radius 1 is 0.875 bits per heavy atom. The van der Waals surface area contributed by atoms with E-state index in [1.165, 1.54) is 0 Å². The standard InChI is InChI=1S/C3H10O8P2.ClH.2Na.2H/c4-12(5,6)10-2-1-3-11-13(7,8)9;;;;;/h1-3H2,(H2,4,5,6)(H2,7,8,9);1H;;;;/q;;2*+1;2*-1. The van der Waals surface area contributed by atoms with E-state index in [-0.39, 0.29) is 94.0 Å². The Labute approximate surface area is 146 Å². The van der Waals surface area contributed by atoms with Crippen molar-refractivity contribution in [3.8, 4) is 0 Å². The molecule has 0 aromatic rings. The minimum absolute atomic E-state index is 0. The van der Waals surface area contributed by atoms with Gasteiger partial charge in [-0.15, -0.1) is 12.4 Å². The van der Waals surface area contributed by atoms with Crippen molar-refractivity contribution in [1.29, 1.82) is 0 Å². The minimum Gasteiger partial charge on any atom is -1.00 e. The Morgan fingerprint density at radius 3 is 1.31 bits per heavy atom. The maximum absolute atomic E-state index is 10.1. The fourth-order valence-electron chi connectivity index (χ4n) is 0.426. The summed E-state index contributed by atoms with van der Waals surface area (Å²) in [5, 5.41) is 0. The second-order valence-electron chi connectivity index (χ2n) is 2.00. The van der Waals surface area contributed by atoms with Gasteiger partial charge in [0, 0.05) is 0 Å². The maximum atomic E-state index is 10.1. The summed E-state index contributed by atoms with van der Waals surface area (Å²) in [5.74, 6) is 0. The maximum Gasteiger partial charge on any atom is 1.00 e. The third kappa shape index (κ3) is 25.4. The zero-order valence-corrected chi connectivity index (χ0v) is 15.5. The summed E-state index contributed by atoms with van der Waals surface area (Å²) in [6, 6.07) is 0. The molecule has 0 heterocycles. The van der Waals surface area contributed by atoms with Crippen LogP contribution >= 0.6 is 28.1 Å². The summed E-state index contributed by atoms with van der Waals surface area (Å²) in [4.78, 5) is 32.7. The minimum atomic E-state index is -4.50. The molecule has 13 heteroatoms. The van der Waals surface area contributed by atoms with Gasteiger partial charge in [0.15, 0.2) is 0 Å². The van der Waals surface area contributed by atoms with Crippen molar-refractivity contribution in [3.63, 3.8) is 0 Å². The topological polar surface area (TPSA) is 134 Å². The Kier molecular flexibility index (Phi) is 21.1. The van der Waals surface area contributed by atoms with Crippen LogP contribution in [0.4, 0.5) is 0 Å². The third-order valence-electron chi connectivity index (χ3n) is 0.808. The molecule has 0 fully saturated rings. The zero-order chi connectivity index (χ0) is 10.5. The molecule has 0 aliphatic heterocycles.